The molecule has 0 aromatic heterocycles. The zero-order chi connectivity index (χ0) is 23.5. The zero-order valence-electron chi connectivity index (χ0n) is 18.9. The number of carbonyl (C=O) groups excluding carboxylic acids is 2. The minimum atomic E-state index is -1.04. The van der Waals surface area contributed by atoms with Gasteiger partial charge in [0.2, 0.25) is 0 Å². The number of ether oxygens (including phenoxy) is 2. The van der Waals surface area contributed by atoms with Crippen LogP contribution >= 0.6 is 0 Å². The molecule has 168 valence electrons. The monoisotopic (exact) mass is 438 g/mol. The predicted molar refractivity (Wildman–Crippen MR) is 120 cm³/mol. The highest BCUT2D eigenvalue weighted by atomic mass is 19.1. The van der Waals surface area contributed by atoms with E-state index in [0.29, 0.717) is 24.0 Å². The Hall–Kier alpha value is -3.03. The van der Waals surface area contributed by atoms with Crippen LogP contribution < -0.4 is 10.8 Å². The van der Waals surface area contributed by atoms with Crippen molar-refractivity contribution in [2.45, 2.75) is 50.8 Å². The molecule has 6 nitrogen and oxygen atoms in total. The lowest BCUT2D eigenvalue weighted by Gasteiger charge is -2.46. The van der Waals surface area contributed by atoms with Gasteiger partial charge in [0.05, 0.1) is 13.2 Å². The molecular formula is C24H28BFN2O4. The number of nitrogens with one attached hydrogen (secondary N) is 1. The first-order valence-corrected chi connectivity index (χ1v) is 10.5. The number of halogens is 1. The quantitative estimate of drug-likeness (QED) is 0.694. The van der Waals surface area contributed by atoms with Gasteiger partial charge in [0, 0.05) is 24.9 Å². The maximum atomic E-state index is 13.6. The number of carbonyl (C=O) groups is 2. The van der Waals surface area contributed by atoms with E-state index in [1.54, 1.807) is 29.2 Å². The number of benzene rings is 2. The Kier molecular flexibility index (Phi) is 6.81. The van der Waals surface area contributed by atoms with Gasteiger partial charge in [-0.05, 0) is 44.0 Å². The van der Waals surface area contributed by atoms with Crippen molar-refractivity contribution in [2.24, 2.45) is 0 Å². The van der Waals surface area contributed by atoms with E-state index in [1.807, 2.05) is 32.9 Å². The fourth-order valence-corrected chi connectivity index (χ4v) is 4.24. The van der Waals surface area contributed by atoms with Crippen LogP contribution in [0.5, 0.6) is 0 Å². The third-order valence-electron chi connectivity index (χ3n) is 5.88. The minimum absolute atomic E-state index is 0.212. The summed E-state index contributed by atoms with van der Waals surface area (Å²) in [6, 6.07) is 13.1. The Morgan fingerprint density at radius 2 is 1.88 bits per heavy atom. The highest BCUT2D eigenvalue weighted by Crippen LogP contribution is 2.42. The van der Waals surface area contributed by atoms with Crippen LogP contribution in [0, 0.1) is 5.82 Å². The molecule has 32 heavy (non-hydrogen) atoms. The molecule has 1 N–H and O–H groups in total. The number of amides is 2. The largest absolute Gasteiger partial charge is 0.453 e. The van der Waals surface area contributed by atoms with Gasteiger partial charge in [-0.25, -0.2) is 14.0 Å². The number of rotatable bonds is 6. The molecule has 1 heterocycles. The first-order chi connectivity index (χ1) is 15.0. The van der Waals surface area contributed by atoms with Crippen molar-refractivity contribution >= 4 is 25.5 Å². The molecule has 2 atom stereocenters. The van der Waals surface area contributed by atoms with Crippen LogP contribution in [0.1, 0.15) is 50.8 Å². The van der Waals surface area contributed by atoms with Crippen molar-refractivity contribution in [1.29, 1.82) is 0 Å². The van der Waals surface area contributed by atoms with E-state index in [4.69, 9.17) is 17.3 Å². The third kappa shape index (κ3) is 5.23. The van der Waals surface area contributed by atoms with Gasteiger partial charge in [-0.15, -0.1) is 0 Å². The summed E-state index contributed by atoms with van der Waals surface area (Å²) in [6.07, 6.45) is -0.296. The van der Waals surface area contributed by atoms with E-state index in [0.717, 1.165) is 5.56 Å². The maximum Gasteiger partial charge on any atom is 0.411 e. The summed E-state index contributed by atoms with van der Waals surface area (Å²) < 4.78 is 24.4. The summed E-state index contributed by atoms with van der Waals surface area (Å²) in [6.45, 7) is 6.01. The second-order valence-electron chi connectivity index (χ2n) is 8.83. The van der Waals surface area contributed by atoms with Crippen molar-refractivity contribution in [1.82, 2.24) is 10.2 Å². The Morgan fingerprint density at radius 1 is 1.25 bits per heavy atom. The Labute approximate surface area is 189 Å². The lowest BCUT2D eigenvalue weighted by Crippen LogP contribution is -2.54. The van der Waals surface area contributed by atoms with Crippen molar-refractivity contribution in [3.05, 3.63) is 65.5 Å². The fourth-order valence-electron chi connectivity index (χ4n) is 4.24. The molecule has 0 saturated carbocycles. The van der Waals surface area contributed by atoms with Gasteiger partial charge in [-0.3, -0.25) is 0 Å². The van der Waals surface area contributed by atoms with Gasteiger partial charge < -0.3 is 19.7 Å². The molecule has 0 unspecified atom stereocenters. The highest BCUT2D eigenvalue weighted by Gasteiger charge is 2.47. The molecular weight excluding hydrogens is 410 g/mol. The van der Waals surface area contributed by atoms with Crippen molar-refractivity contribution in [3.63, 3.8) is 0 Å². The molecule has 1 saturated heterocycles. The molecule has 8 heteroatoms. The molecule has 0 aliphatic carbocycles. The van der Waals surface area contributed by atoms with Gasteiger partial charge in [-0.2, -0.15) is 0 Å². The normalized spacial score (nSPS) is 19.8. The van der Waals surface area contributed by atoms with E-state index in [-0.39, 0.29) is 18.3 Å². The van der Waals surface area contributed by atoms with E-state index in [2.05, 4.69) is 5.32 Å². The first-order valence-electron chi connectivity index (χ1n) is 10.5. The lowest BCUT2D eigenvalue weighted by molar-refractivity contribution is -0.0760. The summed E-state index contributed by atoms with van der Waals surface area (Å²) in [5.41, 5.74) is 0.474. The fraction of sp³-hybridized carbons (Fsp3) is 0.417. The SMILES string of the molecule is [B]c1ccc([C@H](C)N2CC[C@](CC(C)(C)NC(=O)OC)(c3ccc(F)cc3)OC2=O)cc1. The van der Waals surface area contributed by atoms with Crippen molar-refractivity contribution < 1.29 is 23.5 Å². The molecule has 0 spiro atoms. The number of methoxy groups -OCH3 is 1. The molecule has 3 rings (SSSR count). The predicted octanol–water partition coefficient (Wildman–Crippen LogP) is 3.94. The van der Waals surface area contributed by atoms with Crippen molar-refractivity contribution in [3.8, 4) is 0 Å². The van der Waals surface area contributed by atoms with E-state index >= 15 is 0 Å². The Bertz CT molecular complexity index is 965. The average molecular weight is 438 g/mol. The first kappa shape index (κ1) is 23.6. The Balaban J connectivity index is 1.88. The molecule has 1 aliphatic rings. The van der Waals surface area contributed by atoms with Gasteiger partial charge in [0.25, 0.3) is 0 Å². The summed E-state index contributed by atoms with van der Waals surface area (Å²) in [7, 11) is 7.07. The molecule has 2 radical (unpaired) electrons. The molecule has 2 amide bonds. The van der Waals surface area contributed by atoms with Gasteiger partial charge in [0.15, 0.2) is 0 Å². The molecule has 2 aromatic rings. The van der Waals surface area contributed by atoms with Crippen LogP contribution in [0.25, 0.3) is 0 Å². The second-order valence-corrected chi connectivity index (χ2v) is 8.83. The van der Waals surface area contributed by atoms with Gasteiger partial charge in [-0.1, -0.05) is 41.9 Å². The third-order valence-corrected chi connectivity index (χ3v) is 5.88. The van der Waals surface area contributed by atoms with Crippen LogP contribution in [-0.4, -0.2) is 44.1 Å². The van der Waals surface area contributed by atoms with Gasteiger partial charge in [0.1, 0.15) is 19.3 Å². The average Bonchev–Trinajstić information content (AvgIpc) is 2.73. The van der Waals surface area contributed by atoms with Crippen LogP contribution in [-0.2, 0) is 15.1 Å². The number of alkyl carbamates (subject to hydrolysis) is 1. The summed E-state index contributed by atoms with van der Waals surface area (Å²) in [5.74, 6) is -0.378. The summed E-state index contributed by atoms with van der Waals surface area (Å²) in [5, 5.41) is 2.79. The topological polar surface area (TPSA) is 67.9 Å². The minimum Gasteiger partial charge on any atom is -0.453 e. The zero-order valence-corrected chi connectivity index (χ0v) is 18.9. The standard InChI is InChI=1S/C24H28BFN2O4/c1-16(17-5-9-19(25)10-6-17)28-14-13-24(32-22(28)30,18-7-11-20(26)12-8-18)15-23(2,3)27-21(29)31-4/h5-12,16H,13-15H2,1-4H3,(H,27,29)/t16-,24-/m0/s1. The highest BCUT2D eigenvalue weighted by molar-refractivity contribution is 6.32. The van der Waals surface area contributed by atoms with Gasteiger partial charge >= 0.3 is 12.2 Å². The van der Waals surface area contributed by atoms with Crippen LogP contribution in [0.3, 0.4) is 0 Å². The number of hydrogen-bond acceptors (Lipinski definition) is 4. The van der Waals surface area contributed by atoms with Crippen LogP contribution in [0.2, 0.25) is 0 Å². The summed E-state index contributed by atoms with van der Waals surface area (Å²) in [4.78, 5) is 26.7. The van der Waals surface area contributed by atoms with Crippen LogP contribution in [0.15, 0.2) is 48.5 Å². The number of hydrogen-bond donors (Lipinski definition) is 1. The summed E-state index contributed by atoms with van der Waals surface area (Å²) >= 11 is 0. The lowest BCUT2D eigenvalue weighted by atomic mass is 9.78. The van der Waals surface area contributed by atoms with Crippen molar-refractivity contribution in [2.75, 3.05) is 13.7 Å². The van der Waals surface area contributed by atoms with E-state index in [1.165, 1.54) is 19.2 Å². The molecule has 0 bridgehead atoms. The van der Waals surface area contributed by atoms with Crippen LogP contribution in [0.4, 0.5) is 14.0 Å². The smallest absolute Gasteiger partial charge is 0.411 e. The maximum absolute atomic E-state index is 13.6. The molecule has 1 fully saturated rings. The number of cyclic esters (lactones) is 1. The second kappa shape index (κ2) is 9.22. The van der Waals surface area contributed by atoms with E-state index < -0.39 is 23.3 Å². The molecule has 1 aliphatic heterocycles. The Morgan fingerprint density at radius 3 is 2.44 bits per heavy atom. The number of nitrogens with zero attached hydrogens (tertiary/aromatic N) is 1. The molecule has 2 aromatic carbocycles. The van der Waals surface area contributed by atoms with E-state index in [9.17, 15) is 14.0 Å².